The van der Waals surface area contributed by atoms with E-state index in [1.807, 2.05) is 12.1 Å². The number of nitrogens with one attached hydrogen (secondary N) is 1. The molecular weight excluding hydrogens is 334 g/mol. The molecule has 1 amide bonds. The topological polar surface area (TPSA) is 104 Å². The molecule has 0 fully saturated rings. The van der Waals surface area contributed by atoms with Gasteiger partial charge in [0.1, 0.15) is 24.7 Å². The molecule has 4 aromatic heterocycles. The van der Waals surface area contributed by atoms with Crippen molar-refractivity contribution >= 4 is 11.7 Å². The summed E-state index contributed by atoms with van der Waals surface area (Å²) in [6.45, 7) is 0.514. The first-order valence-electron chi connectivity index (χ1n) is 7.91. The van der Waals surface area contributed by atoms with E-state index < -0.39 is 0 Å². The lowest BCUT2D eigenvalue weighted by molar-refractivity contribution is -0.116. The summed E-state index contributed by atoms with van der Waals surface area (Å²) >= 11 is 0. The summed E-state index contributed by atoms with van der Waals surface area (Å²) in [6.07, 6.45) is 11.5. The van der Waals surface area contributed by atoms with E-state index in [1.54, 1.807) is 58.9 Å². The molecule has 4 aromatic rings. The van der Waals surface area contributed by atoms with E-state index in [9.17, 15) is 4.79 Å². The maximum absolute atomic E-state index is 12.3. The molecule has 0 spiro atoms. The number of hydrogen-bond donors (Lipinski definition) is 1. The zero-order chi connectivity index (χ0) is 17.8. The van der Waals surface area contributed by atoms with Crippen LogP contribution in [0.1, 0.15) is 5.76 Å². The Morgan fingerprint density at radius 1 is 1.15 bits per heavy atom. The van der Waals surface area contributed by atoms with Crippen LogP contribution >= 0.6 is 0 Å². The lowest BCUT2D eigenvalue weighted by atomic mass is 10.3. The van der Waals surface area contributed by atoms with Crippen LogP contribution in [0.2, 0.25) is 0 Å². The smallest absolute Gasteiger partial charge is 0.247 e. The molecular formula is C17H15N7O2. The van der Waals surface area contributed by atoms with Gasteiger partial charge in [0.05, 0.1) is 30.5 Å². The zero-order valence-electron chi connectivity index (χ0n) is 13.7. The fourth-order valence-corrected chi connectivity index (χ4v) is 2.47. The van der Waals surface area contributed by atoms with Gasteiger partial charge in [0.2, 0.25) is 5.91 Å². The van der Waals surface area contributed by atoms with Gasteiger partial charge in [-0.2, -0.15) is 10.2 Å². The third-order valence-electron chi connectivity index (χ3n) is 3.67. The summed E-state index contributed by atoms with van der Waals surface area (Å²) < 4.78 is 8.51. The Kier molecular flexibility index (Phi) is 4.25. The second-order valence-electron chi connectivity index (χ2n) is 5.52. The van der Waals surface area contributed by atoms with E-state index >= 15 is 0 Å². The van der Waals surface area contributed by atoms with E-state index in [-0.39, 0.29) is 12.5 Å². The molecule has 0 unspecified atom stereocenters. The Hall–Kier alpha value is -3.75. The van der Waals surface area contributed by atoms with E-state index in [0.29, 0.717) is 18.1 Å². The van der Waals surface area contributed by atoms with Crippen molar-refractivity contribution in [2.75, 3.05) is 5.32 Å². The lowest BCUT2D eigenvalue weighted by Crippen LogP contribution is -2.21. The Morgan fingerprint density at radius 3 is 2.92 bits per heavy atom. The Morgan fingerprint density at radius 2 is 2.12 bits per heavy atom. The Bertz CT molecular complexity index is 989. The first-order valence-corrected chi connectivity index (χ1v) is 7.91. The molecule has 4 rings (SSSR count). The van der Waals surface area contributed by atoms with Crippen molar-refractivity contribution in [1.82, 2.24) is 29.5 Å². The third kappa shape index (κ3) is 3.51. The van der Waals surface area contributed by atoms with Gasteiger partial charge in [-0.3, -0.25) is 19.4 Å². The predicted molar refractivity (Wildman–Crippen MR) is 91.9 cm³/mol. The molecule has 9 nitrogen and oxygen atoms in total. The molecule has 0 aliphatic heterocycles. The standard InChI is InChI=1S/C17H15N7O2/c25-17(12-23-10-13(8-21-23)15-9-18-5-6-19-15)22-16-3-4-20-24(16)11-14-2-1-7-26-14/h1-10H,11-12H2,(H,22,25). The van der Waals surface area contributed by atoms with Crippen LogP contribution in [-0.4, -0.2) is 35.4 Å². The van der Waals surface area contributed by atoms with Gasteiger partial charge in [-0.05, 0) is 12.1 Å². The van der Waals surface area contributed by atoms with E-state index in [0.717, 1.165) is 11.3 Å². The van der Waals surface area contributed by atoms with Crippen LogP contribution in [0.3, 0.4) is 0 Å². The maximum atomic E-state index is 12.3. The molecule has 0 aromatic carbocycles. The number of anilines is 1. The lowest BCUT2D eigenvalue weighted by Gasteiger charge is -2.08. The number of rotatable bonds is 6. The molecule has 130 valence electrons. The second kappa shape index (κ2) is 7.01. The van der Waals surface area contributed by atoms with Crippen molar-refractivity contribution < 1.29 is 9.21 Å². The molecule has 0 atom stereocenters. The van der Waals surface area contributed by atoms with Crippen LogP contribution in [-0.2, 0) is 17.9 Å². The molecule has 0 saturated heterocycles. The maximum Gasteiger partial charge on any atom is 0.247 e. The first kappa shape index (κ1) is 15.8. The van der Waals surface area contributed by atoms with Gasteiger partial charge in [0, 0.05) is 30.2 Å². The van der Waals surface area contributed by atoms with Crippen LogP contribution in [0.5, 0.6) is 0 Å². The van der Waals surface area contributed by atoms with Crippen LogP contribution in [0, 0.1) is 0 Å². The number of carbonyl (C=O) groups excluding carboxylic acids is 1. The highest BCUT2D eigenvalue weighted by atomic mass is 16.3. The average Bonchev–Trinajstić information content (AvgIpc) is 3.40. The molecule has 0 saturated carbocycles. The van der Waals surface area contributed by atoms with Crippen LogP contribution in [0.25, 0.3) is 11.3 Å². The molecule has 26 heavy (non-hydrogen) atoms. The quantitative estimate of drug-likeness (QED) is 0.569. The van der Waals surface area contributed by atoms with Gasteiger partial charge >= 0.3 is 0 Å². The normalized spacial score (nSPS) is 10.8. The van der Waals surface area contributed by atoms with E-state index in [4.69, 9.17) is 4.42 Å². The van der Waals surface area contributed by atoms with Gasteiger partial charge in [-0.25, -0.2) is 4.68 Å². The molecule has 0 aliphatic carbocycles. The number of nitrogens with zero attached hydrogens (tertiary/aromatic N) is 6. The summed E-state index contributed by atoms with van der Waals surface area (Å²) in [6, 6.07) is 5.39. The molecule has 1 N–H and O–H groups in total. The fraction of sp³-hybridized carbons (Fsp3) is 0.118. The minimum absolute atomic E-state index is 0.0756. The highest BCUT2D eigenvalue weighted by Crippen LogP contribution is 2.14. The molecule has 0 radical (unpaired) electrons. The van der Waals surface area contributed by atoms with Gasteiger partial charge in [0.15, 0.2) is 0 Å². The van der Waals surface area contributed by atoms with E-state index in [1.165, 1.54) is 0 Å². The van der Waals surface area contributed by atoms with Crippen LogP contribution in [0.15, 0.2) is 66.1 Å². The van der Waals surface area contributed by atoms with Gasteiger partial charge in [-0.15, -0.1) is 0 Å². The average molecular weight is 349 g/mol. The summed E-state index contributed by atoms with van der Waals surface area (Å²) in [5.74, 6) is 1.14. The number of hydrogen-bond acceptors (Lipinski definition) is 6. The zero-order valence-corrected chi connectivity index (χ0v) is 13.7. The highest BCUT2D eigenvalue weighted by Gasteiger charge is 2.11. The van der Waals surface area contributed by atoms with Crippen LogP contribution < -0.4 is 5.32 Å². The number of amides is 1. The molecule has 4 heterocycles. The van der Waals surface area contributed by atoms with Gasteiger partial charge in [0.25, 0.3) is 0 Å². The fourth-order valence-electron chi connectivity index (χ4n) is 2.47. The molecule has 9 heteroatoms. The molecule has 0 bridgehead atoms. The molecule has 0 aliphatic rings. The van der Waals surface area contributed by atoms with Crippen molar-refractivity contribution in [2.24, 2.45) is 0 Å². The van der Waals surface area contributed by atoms with Crippen molar-refractivity contribution in [3.63, 3.8) is 0 Å². The van der Waals surface area contributed by atoms with E-state index in [2.05, 4.69) is 25.5 Å². The Labute approximate surface area is 148 Å². The highest BCUT2D eigenvalue weighted by molar-refractivity contribution is 5.89. The number of aromatic nitrogens is 6. The largest absolute Gasteiger partial charge is 0.467 e. The third-order valence-corrected chi connectivity index (χ3v) is 3.67. The van der Waals surface area contributed by atoms with Crippen molar-refractivity contribution in [3.8, 4) is 11.3 Å². The SMILES string of the molecule is O=C(Cn1cc(-c2cnccn2)cn1)Nc1ccnn1Cc1ccco1. The van der Waals surface area contributed by atoms with Crippen LogP contribution in [0.4, 0.5) is 5.82 Å². The van der Waals surface area contributed by atoms with Gasteiger partial charge in [-0.1, -0.05) is 0 Å². The minimum atomic E-state index is -0.208. The van der Waals surface area contributed by atoms with Crippen molar-refractivity contribution in [2.45, 2.75) is 13.1 Å². The number of carbonyl (C=O) groups is 1. The van der Waals surface area contributed by atoms with Gasteiger partial charge < -0.3 is 9.73 Å². The minimum Gasteiger partial charge on any atom is -0.467 e. The first-order chi connectivity index (χ1) is 12.8. The van der Waals surface area contributed by atoms with Crippen molar-refractivity contribution in [3.05, 3.63) is 67.4 Å². The monoisotopic (exact) mass is 349 g/mol. The summed E-state index contributed by atoms with van der Waals surface area (Å²) in [4.78, 5) is 20.6. The second-order valence-corrected chi connectivity index (χ2v) is 5.52. The predicted octanol–water partition coefficient (Wildman–Crippen LogP) is 1.82. The number of furan rings is 1. The summed E-state index contributed by atoms with van der Waals surface area (Å²) in [5.41, 5.74) is 1.50. The van der Waals surface area contributed by atoms with Crippen molar-refractivity contribution in [1.29, 1.82) is 0 Å². The summed E-state index contributed by atoms with van der Waals surface area (Å²) in [5, 5.41) is 11.2. The Balaban J connectivity index is 1.41. The summed E-state index contributed by atoms with van der Waals surface area (Å²) in [7, 11) is 0.